The number of rotatable bonds is 3. The van der Waals surface area contributed by atoms with Gasteiger partial charge < -0.3 is 0 Å². The number of aromatic nitrogens is 3. The maximum absolute atomic E-state index is 13.5. The molecule has 0 unspecified atom stereocenters. The molecular formula is C16H16FN3. The molecule has 0 N–H and O–H groups in total. The molecule has 4 heteroatoms. The molecule has 0 spiro atoms. The van der Waals surface area contributed by atoms with E-state index in [9.17, 15) is 4.39 Å². The summed E-state index contributed by atoms with van der Waals surface area (Å²) < 4.78 is 15.4. The van der Waals surface area contributed by atoms with E-state index in [2.05, 4.69) is 23.8 Å². The Morgan fingerprint density at radius 1 is 1.20 bits per heavy atom. The minimum absolute atomic E-state index is 0.254. The molecule has 102 valence electrons. The van der Waals surface area contributed by atoms with Gasteiger partial charge in [-0.05, 0) is 36.2 Å². The third kappa shape index (κ3) is 2.29. The minimum atomic E-state index is -0.254. The van der Waals surface area contributed by atoms with E-state index in [1.54, 1.807) is 12.3 Å². The second-order valence-electron chi connectivity index (χ2n) is 5.29. The molecule has 0 fully saturated rings. The van der Waals surface area contributed by atoms with Gasteiger partial charge >= 0.3 is 0 Å². The first kappa shape index (κ1) is 12.8. The summed E-state index contributed by atoms with van der Waals surface area (Å²) in [5.74, 6) is 1.13. The minimum Gasteiger partial charge on any atom is -0.281 e. The number of benzene rings is 1. The Balaban J connectivity index is 2.25. The van der Waals surface area contributed by atoms with Crippen LogP contribution in [0.1, 0.15) is 19.7 Å². The first-order valence-corrected chi connectivity index (χ1v) is 6.73. The van der Waals surface area contributed by atoms with Crippen LogP contribution in [-0.2, 0) is 6.42 Å². The fraction of sp³-hybridized carbons (Fsp3) is 0.250. The first-order valence-electron chi connectivity index (χ1n) is 6.73. The van der Waals surface area contributed by atoms with Gasteiger partial charge in [0, 0.05) is 12.6 Å². The monoisotopic (exact) mass is 269 g/mol. The average molecular weight is 269 g/mol. The van der Waals surface area contributed by atoms with Gasteiger partial charge in [-0.2, -0.15) is 0 Å². The summed E-state index contributed by atoms with van der Waals surface area (Å²) in [5.41, 5.74) is 2.38. The summed E-state index contributed by atoms with van der Waals surface area (Å²) in [6.45, 7) is 4.28. The molecule has 0 aliphatic heterocycles. The normalized spacial score (nSPS) is 11.4. The number of hydrogen-bond donors (Lipinski definition) is 0. The molecule has 3 nitrogen and oxygen atoms in total. The van der Waals surface area contributed by atoms with Crippen molar-refractivity contribution in [2.45, 2.75) is 20.3 Å². The van der Waals surface area contributed by atoms with Crippen LogP contribution in [-0.4, -0.2) is 14.5 Å². The van der Waals surface area contributed by atoms with Gasteiger partial charge in [0.25, 0.3) is 0 Å². The zero-order valence-corrected chi connectivity index (χ0v) is 11.5. The summed E-state index contributed by atoms with van der Waals surface area (Å²) in [5, 5.41) is 0. The number of pyridine rings is 1. The lowest BCUT2D eigenvalue weighted by Gasteiger charge is -2.10. The Morgan fingerprint density at radius 3 is 2.80 bits per heavy atom. The molecule has 0 aliphatic carbocycles. The van der Waals surface area contributed by atoms with Gasteiger partial charge in [-0.3, -0.25) is 4.57 Å². The van der Waals surface area contributed by atoms with Crippen LogP contribution in [0.5, 0.6) is 0 Å². The zero-order valence-electron chi connectivity index (χ0n) is 11.5. The van der Waals surface area contributed by atoms with Crippen LogP contribution in [0.4, 0.5) is 4.39 Å². The molecule has 1 aromatic carbocycles. The van der Waals surface area contributed by atoms with E-state index in [1.165, 1.54) is 12.1 Å². The van der Waals surface area contributed by atoms with Crippen molar-refractivity contribution in [2.24, 2.45) is 5.92 Å². The van der Waals surface area contributed by atoms with Crippen LogP contribution < -0.4 is 0 Å². The highest BCUT2D eigenvalue weighted by Crippen LogP contribution is 2.22. The van der Waals surface area contributed by atoms with Crippen LogP contribution in [0.2, 0.25) is 0 Å². The Morgan fingerprint density at radius 2 is 2.05 bits per heavy atom. The highest BCUT2D eigenvalue weighted by atomic mass is 19.1. The molecular weight excluding hydrogens is 253 g/mol. The van der Waals surface area contributed by atoms with Gasteiger partial charge in [-0.15, -0.1) is 0 Å². The van der Waals surface area contributed by atoms with Gasteiger partial charge in [0.2, 0.25) is 0 Å². The lowest BCUT2D eigenvalue weighted by Crippen LogP contribution is -2.05. The molecule has 20 heavy (non-hydrogen) atoms. The molecule has 0 saturated carbocycles. The summed E-state index contributed by atoms with van der Waals surface area (Å²) >= 11 is 0. The van der Waals surface area contributed by atoms with Crippen LogP contribution >= 0.6 is 0 Å². The van der Waals surface area contributed by atoms with Crippen LogP contribution in [0.15, 0.2) is 42.6 Å². The van der Waals surface area contributed by atoms with Crippen molar-refractivity contribution in [3.8, 4) is 5.69 Å². The van der Waals surface area contributed by atoms with E-state index >= 15 is 0 Å². The van der Waals surface area contributed by atoms with Crippen molar-refractivity contribution < 1.29 is 4.39 Å². The molecule has 0 bridgehead atoms. The summed E-state index contributed by atoms with van der Waals surface area (Å²) in [7, 11) is 0. The Kier molecular flexibility index (Phi) is 3.22. The van der Waals surface area contributed by atoms with Crippen molar-refractivity contribution >= 4 is 11.2 Å². The maximum Gasteiger partial charge on any atom is 0.164 e. The maximum atomic E-state index is 13.5. The van der Waals surface area contributed by atoms with Crippen LogP contribution in [0.3, 0.4) is 0 Å². The van der Waals surface area contributed by atoms with Crippen LogP contribution in [0.25, 0.3) is 16.9 Å². The molecule has 2 aromatic heterocycles. The van der Waals surface area contributed by atoms with E-state index < -0.39 is 0 Å². The van der Waals surface area contributed by atoms with Crippen molar-refractivity contribution in [2.75, 3.05) is 0 Å². The van der Waals surface area contributed by atoms with E-state index in [0.29, 0.717) is 5.92 Å². The summed E-state index contributed by atoms with van der Waals surface area (Å²) in [6.07, 6.45) is 2.56. The molecule has 0 radical (unpaired) electrons. The first-order chi connectivity index (χ1) is 9.65. The molecule has 0 amide bonds. The number of halogens is 1. The van der Waals surface area contributed by atoms with Gasteiger partial charge in [-0.1, -0.05) is 19.9 Å². The number of nitrogens with zero attached hydrogens (tertiary/aromatic N) is 3. The molecule has 3 rings (SSSR count). The third-order valence-corrected chi connectivity index (χ3v) is 3.14. The molecule has 3 aromatic rings. The SMILES string of the molecule is CC(C)Cc1nc2cccnc2n1-c1cccc(F)c1. The topological polar surface area (TPSA) is 30.7 Å². The van der Waals surface area contributed by atoms with Crippen LogP contribution in [0, 0.1) is 11.7 Å². The Bertz CT molecular complexity index is 746. The van der Waals surface area contributed by atoms with Crippen molar-refractivity contribution in [3.05, 3.63) is 54.2 Å². The van der Waals surface area contributed by atoms with E-state index in [1.807, 2.05) is 22.8 Å². The predicted molar refractivity (Wildman–Crippen MR) is 77.4 cm³/mol. The van der Waals surface area contributed by atoms with E-state index in [-0.39, 0.29) is 5.82 Å². The average Bonchev–Trinajstić information content (AvgIpc) is 2.75. The Hall–Kier alpha value is -2.23. The lowest BCUT2D eigenvalue weighted by atomic mass is 10.1. The quantitative estimate of drug-likeness (QED) is 0.725. The van der Waals surface area contributed by atoms with Crippen molar-refractivity contribution in [3.63, 3.8) is 0 Å². The second-order valence-corrected chi connectivity index (χ2v) is 5.29. The van der Waals surface area contributed by atoms with Gasteiger partial charge in [0.05, 0.1) is 5.69 Å². The number of imidazole rings is 1. The number of hydrogen-bond acceptors (Lipinski definition) is 2. The fourth-order valence-electron chi connectivity index (χ4n) is 2.35. The zero-order chi connectivity index (χ0) is 14.1. The van der Waals surface area contributed by atoms with Gasteiger partial charge in [0.1, 0.15) is 17.2 Å². The number of fused-ring (bicyclic) bond motifs is 1. The van der Waals surface area contributed by atoms with Gasteiger partial charge in [0.15, 0.2) is 5.65 Å². The Labute approximate surface area is 117 Å². The summed E-state index contributed by atoms with van der Waals surface area (Å²) in [4.78, 5) is 9.03. The smallest absolute Gasteiger partial charge is 0.164 e. The van der Waals surface area contributed by atoms with E-state index in [0.717, 1.165) is 29.1 Å². The highest BCUT2D eigenvalue weighted by Gasteiger charge is 2.14. The van der Waals surface area contributed by atoms with Gasteiger partial charge in [-0.25, -0.2) is 14.4 Å². The largest absolute Gasteiger partial charge is 0.281 e. The fourth-order valence-corrected chi connectivity index (χ4v) is 2.35. The molecule has 0 atom stereocenters. The molecule has 2 heterocycles. The van der Waals surface area contributed by atoms with Crippen molar-refractivity contribution in [1.82, 2.24) is 14.5 Å². The second kappa shape index (κ2) is 5.04. The van der Waals surface area contributed by atoms with E-state index in [4.69, 9.17) is 0 Å². The van der Waals surface area contributed by atoms with Crippen molar-refractivity contribution in [1.29, 1.82) is 0 Å². The standard InChI is InChI=1S/C16H16FN3/c1-11(2)9-15-19-14-7-4-8-18-16(14)20(15)13-6-3-5-12(17)10-13/h3-8,10-11H,9H2,1-2H3. The molecule has 0 aliphatic rings. The highest BCUT2D eigenvalue weighted by molar-refractivity contribution is 5.73. The lowest BCUT2D eigenvalue weighted by molar-refractivity contribution is 0.611. The predicted octanol–water partition coefficient (Wildman–Crippen LogP) is 3.76. The third-order valence-electron chi connectivity index (χ3n) is 3.14. The summed E-state index contributed by atoms with van der Waals surface area (Å²) in [6, 6.07) is 10.3. The molecule has 0 saturated heterocycles.